The predicted molar refractivity (Wildman–Crippen MR) is 72.5 cm³/mol. The highest BCUT2D eigenvalue weighted by Gasteiger charge is 2.49. The molecule has 0 amide bonds. The number of phenolic OH excluding ortho intramolecular Hbond substituents is 1. The third kappa shape index (κ3) is 1.66. The van der Waals surface area contributed by atoms with Crippen LogP contribution < -0.4 is 4.74 Å². The van der Waals surface area contributed by atoms with Gasteiger partial charge in [-0.05, 0) is 36.6 Å². The summed E-state index contributed by atoms with van der Waals surface area (Å²) in [7, 11) is 1.57. The molecule has 0 radical (unpaired) electrons. The van der Waals surface area contributed by atoms with Crippen LogP contribution in [0.2, 0.25) is 0 Å². The van der Waals surface area contributed by atoms with Crippen LogP contribution in [0.4, 0.5) is 0 Å². The number of phenols is 1. The minimum atomic E-state index is -0.109. The monoisotopic (exact) mass is 312 g/mol. The first kappa shape index (κ1) is 12.3. The van der Waals surface area contributed by atoms with E-state index in [1.807, 2.05) is 12.1 Å². The lowest BCUT2D eigenvalue weighted by molar-refractivity contribution is -0.0539. The molecule has 4 heteroatoms. The standard InChI is InChI=1S/C14H17BrO3/c1-14-6-8-3-11(16)13(17-2)5-10(8)12(18-14)4-9(14)7-15/h3,5,9,12,16H,4,6-7H2,1-2H3/t9-,12+,14+/m1/s1. The quantitative estimate of drug-likeness (QED) is 0.852. The molecule has 2 aliphatic heterocycles. The van der Waals surface area contributed by atoms with Gasteiger partial charge in [0.2, 0.25) is 0 Å². The van der Waals surface area contributed by atoms with E-state index in [1.165, 1.54) is 11.1 Å². The van der Waals surface area contributed by atoms with Crippen molar-refractivity contribution in [2.75, 3.05) is 12.4 Å². The number of halogens is 1. The molecule has 3 rings (SSSR count). The Hall–Kier alpha value is -0.740. The Bertz CT molecular complexity index is 488. The summed E-state index contributed by atoms with van der Waals surface area (Å²) in [5.74, 6) is 1.27. The average molecular weight is 313 g/mol. The maximum absolute atomic E-state index is 9.89. The van der Waals surface area contributed by atoms with Crippen molar-refractivity contribution in [2.45, 2.75) is 31.5 Å². The number of fused-ring (bicyclic) bond motifs is 4. The van der Waals surface area contributed by atoms with Crippen molar-refractivity contribution in [3.8, 4) is 11.5 Å². The van der Waals surface area contributed by atoms with E-state index in [4.69, 9.17) is 9.47 Å². The first-order chi connectivity index (χ1) is 8.57. The maximum atomic E-state index is 9.89. The van der Waals surface area contributed by atoms with Gasteiger partial charge < -0.3 is 14.6 Å². The zero-order valence-corrected chi connectivity index (χ0v) is 12.2. The predicted octanol–water partition coefficient (Wildman–Crippen LogP) is 3.19. The van der Waals surface area contributed by atoms with E-state index >= 15 is 0 Å². The molecule has 3 atom stereocenters. The second kappa shape index (κ2) is 4.14. The lowest BCUT2D eigenvalue weighted by Crippen LogP contribution is -2.37. The second-order valence-electron chi connectivity index (χ2n) is 5.41. The molecule has 1 saturated heterocycles. The van der Waals surface area contributed by atoms with Crippen LogP contribution in [0.3, 0.4) is 0 Å². The lowest BCUT2D eigenvalue weighted by atomic mass is 9.86. The Balaban J connectivity index is 2.06. The van der Waals surface area contributed by atoms with E-state index in [9.17, 15) is 5.11 Å². The minimum Gasteiger partial charge on any atom is -0.504 e. The van der Waals surface area contributed by atoms with Crippen molar-refractivity contribution in [3.63, 3.8) is 0 Å². The van der Waals surface area contributed by atoms with E-state index in [0.29, 0.717) is 11.7 Å². The van der Waals surface area contributed by atoms with Crippen molar-refractivity contribution >= 4 is 15.9 Å². The van der Waals surface area contributed by atoms with Gasteiger partial charge >= 0.3 is 0 Å². The molecule has 1 N–H and O–H groups in total. The molecule has 0 aromatic heterocycles. The fraction of sp³-hybridized carbons (Fsp3) is 0.571. The molecule has 2 aliphatic rings. The summed E-state index contributed by atoms with van der Waals surface area (Å²) in [6, 6.07) is 3.75. The Labute approximate surface area is 115 Å². The van der Waals surface area contributed by atoms with Gasteiger partial charge in [-0.1, -0.05) is 15.9 Å². The number of hydrogen-bond acceptors (Lipinski definition) is 3. The summed E-state index contributed by atoms with van der Waals surface area (Å²) in [5, 5.41) is 10.8. The van der Waals surface area contributed by atoms with Gasteiger partial charge in [0.15, 0.2) is 11.5 Å². The normalized spacial score (nSPS) is 33.3. The molecule has 1 fully saturated rings. The SMILES string of the molecule is COc1cc2c(cc1O)C[C@]1(C)O[C@H]2C[C@@H]1CBr. The van der Waals surface area contributed by atoms with E-state index in [1.54, 1.807) is 7.11 Å². The number of alkyl halides is 1. The molecule has 2 bridgehead atoms. The Morgan fingerprint density at radius 3 is 3.00 bits per heavy atom. The van der Waals surface area contributed by atoms with E-state index in [2.05, 4.69) is 22.9 Å². The maximum Gasteiger partial charge on any atom is 0.160 e. The molecule has 0 aliphatic carbocycles. The summed E-state index contributed by atoms with van der Waals surface area (Å²) >= 11 is 3.58. The molecule has 0 unspecified atom stereocenters. The molecular weight excluding hydrogens is 296 g/mol. The smallest absolute Gasteiger partial charge is 0.160 e. The Morgan fingerprint density at radius 1 is 1.56 bits per heavy atom. The molecule has 3 nitrogen and oxygen atoms in total. The fourth-order valence-electron chi connectivity index (χ4n) is 3.20. The summed E-state index contributed by atoms with van der Waals surface area (Å²) in [5.41, 5.74) is 2.25. The number of rotatable bonds is 2. The van der Waals surface area contributed by atoms with Crippen molar-refractivity contribution in [3.05, 3.63) is 23.3 Å². The Morgan fingerprint density at radius 2 is 2.33 bits per heavy atom. The van der Waals surface area contributed by atoms with Gasteiger partial charge in [0.1, 0.15) is 0 Å². The van der Waals surface area contributed by atoms with Crippen molar-refractivity contribution in [1.29, 1.82) is 0 Å². The zero-order valence-electron chi connectivity index (χ0n) is 10.6. The number of methoxy groups -OCH3 is 1. The van der Waals surface area contributed by atoms with Crippen LogP contribution in [0.1, 0.15) is 30.6 Å². The fourth-order valence-corrected chi connectivity index (χ4v) is 4.15. The number of benzene rings is 1. The van der Waals surface area contributed by atoms with Gasteiger partial charge in [0.25, 0.3) is 0 Å². The van der Waals surface area contributed by atoms with Crippen LogP contribution in [0, 0.1) is 5.92 Å². The van der Waals surface area contributed by atoms with E-state index in [-0.39, 0.29) is 17.5 Å². The molecular formula is C14H17BrO3. The van der Waals surface area contributed by atoms with Crippen LogP contribution in [0.5, 0.6) is 11.5 Å². The topological polar surface area (TPSA) is 38.7 Å². The van der Waals surface area contributed by atoms with Crippen LogP contribution in [0.15, 0.2) is 12.1 Å². The van der Waals surface area contributed by atoms with Gasteiger partial charge in [-0.15, -0.1) is 0 Å². The molecule has 0 spiro atoms. The lowest BCUT2D eigenvalue weighted by Gasteiger charge is -2.34. The van der Waals surface area contributed by atoms with E-state index in [0.717, 1.165) is 18.2 Å². The first-order valence-electron chi connectivity index (χ1n) is 6.21. The molecule has 0 saturated carbocycles. The largest absolute Gasteiger partial charge is 0.504 e. The zero-order chi connectivity index (χ0) is 12.9. The summed E-state index contributed by atoms with van der Waals surface area (Å²) in [6.45, 7) is 2.17. The molecule has 18 heavy (non-hydrogen) atoms. The highest BCUT2D eigenvalue weighted by Crippen LogP contribution is 2.52. The number of ether oxygens (including phenoxy) is 2. The molecule has 1 aromatic rings. The molecule has 2 heterocycles. The van der Waals surface area contributed by atoms with Gasteiger partial charge in [0.05, 0.1) is 18.8 Å². The van der Waals surface area contributed by atoms with Crippen molar-refractivity contribution in [2.24, 2.45) is 5.92 Å². The van der Waals surface area contributed by atoms with Gasteiger partial charge in [-0.2, -0.15) is 0 Å². The first-order valence-corrected chi connectivity index (χ1v) is 7.33. The highest BCUT2D eigenvalue weighted by molar-refractivity contribution is 9.09. The molecule has 1 aromatic carbocycles. The summed E-state index contributed by atoms with van der Waals surface area (Å²) < 4.78 is 11.4. The second-order valence-corrected chi connectivity index (χ2v) is 6.05. The summed E-state index contributed by atoms with van der Waals surface area (Å²) in [6.07, 6.45) is 2.02. The van der Waals surface area contributed by atoms with Crippen molar-refractivity contribution < 1.29 is 14.6 Å². The van der Waals surface area contributed by atoms with Crippen LogP contribution in [-0.2, 0) is 11.2 Å². The van der Waals surface area contributed by atoms with Gasteiger partial charge in [-0.25, -0.2) is 0 Å². The minimum absolute atomic E-state index is 0.109. The van der Waals surface area contributed by atoms with Crippen LogP contribution in [-0.4, -0.2) is 23.1 Å². The number of aromatic hydroxyl groups is 1. The number of hydrogen-bond donors (Lipinski definition) is 1. The molecule has 98 valence electrons. The third-order valence-corrected chi connectivity index (χ3v) is 5.07. The van der Waals surface area contributed by atoms with Gasteiger partial charge in [0, 0.05) is 17.7 Å². The Kier molecular flexibility index (Phi) is 2.83. The van der Waals surface area contributed by atoms with Gasteiger partial charge in [-0.3, -0.25) is 0 Å². The summed E-state index contributed by atoms with van der Waals surface area (Å²) in [4.78, 5) is 0. The highest BCUT2D eigenvalue weighted by atomic mass is 79.9. The van der Waals surface area contributed by atoms with E-state index < -0.39 is 0 Å². The van der Waals surface area contributed by atoms with Crippen LogP contribution >= 0.6 is 15.9 Å². The third-order valence-electron chi connectivity index (χ3n) is 4.29. The average Bonchev–Trinajstić information content (AvgIpc) is 2.61. The van der Waals surface area contributed by atoms with Crippen molar-refractivity contribution in [1.82, 2.24) is 0 Å². The van der Waals surface area contributed by atoms with Crippen LogP contribution in [0.25, 0.3) is 0 Å².